The first-order valence-corrected chi connectivity index (χ1v) is 8.93. The number of carbonyl (C=O) groups excluding carboxylic acids is 2. The van der Waals surface area contributed by atoms with Crippen molar-refractivity contribution >= 4 is 22.7 Å². The number of carbonyl (C=O) groups is 2. The standard InChI is InChI=1S/C19H25FN4O2/c1-12-15-10-14(20)5-6-16(15)23(2)17(12)19(26)22-7-9-24-8-3-4-13(11-24)18(21)25/h5-6,10,13H,3-4,7-9,11H2,1-2H3,(H2,21,25)(H,22,26). The van der Waals surface area contributed by atoms with Crippen molar-refractivity contribution in [3.63, 3.8) is 0 Å². The Bertz CT molecular complexity index is 846. The van der Waals surface area contributed by atoms with Crippen LogP contribution in [0.3, 0.4) is 0 Å². The SMILES string of the molecule is Cc1c(C(=O)NCCN2CCCC(C(N)=O)C2)n(C)c2ccc(F)cc12. The molecule has 1 saturated heterocycles. The molecular formula is C19H25FN4O2. The van der Waals surface area contributed by atoms with Crippen LogP contribution in [-0.4, -0.2) is 47.5 Å². The Morgan fingerprint density at radius 2 is 2.15 bits per heavy atom. The molecule has 0 radical (unpaired) electrons. The number of aryl methyl sites for hydroxylation is 2. The molecule has 3 rings (SSSR count). The predicted octanol–water partition coefficient (Wildman–Crippen LogP) is 1.55. The zero-order valence-corrected chi connectivity index (χ0v) is 15.2. The van der Waals surface area contributed by atoms with Crippen LogP contribution >= 0.6 is 0 Å². The van der Waals surface area contributed by atoms with Crippen LogP contribution in [0.1, 0.15) is 28.9 Å². The molecule has 0 aliphatic carbocycles. The maximum absolute atomic E-state index is 13.5. The third-order valence-corrected chi connectivity index (χ3v) is 5.25. The molecule has 0 saturated carbocycles. The summed E-state index contributed by atoms with van der Waals surface area (Å²) in [5, 5.41) is 3.68. The summed E-state index contributed by atoms with van der Waals surface area (Å²) < 4.78 is 15.3. The summed E-state index contributed by atoms with van der Waals surface area (Å²) in [6.45, 7) is 4.55. The third kappa shape index (κ3) is 3.58. The van der Waals surface area contributed by atoms with E-state index in [2.05, 4.69) is 10.2 Å². The Balaban J connectivity index is 1.64. The molecular weight excluding hydrogens is 335 g/mol. The first kappa shape index (κ1) is 18.4. The smallest absolute Gasteiger partial charge is 0.268 e. The third-order valence-electron chi connectivity index (χ3n) is 5.25. The number of hydrogen-bond acceptors (Lipinski definition) is 3. The Labute approximate surface area is 152 Å². The lowest BCUT2D eigenvalue weighted by atomic mass is 9.97. The molecule has 1 aromatic carbocycles. The summed E-state index contributed by atoms with van der Waals surface area (Å²) >= 11 is 0. The van der Waals surface area contributed by atoms with E-state index in [9.17, 15) is 14.0 Å². The van der Waals surface area contributed by atoms with Crippen LogP contribution in [0.4, 0.5) is 4.39 Å². The monoisotopic (exact) mass is 360 g/mol. The number of fused-ring (bicyclic) bond motifs is 1. The van der Waals surface area contributed by atoms with Crippen molar-refractivity contribution in [3.8, 4) is 0 Å². The Morgan fingerprint density at radius 1 is 1.38 bits per heavy atom. The fraction of sp³-hybridized carbons (Fsp3) is 0.474. The number of primary amides is 1. The summed E-state index contributed by atoms with van der Waals surface area (Å²) in [6, 6.07) is 4.54. The molecule has 2 heterocycles. The van der Waals surface area contributed by atoms with Gasteiger partial charge in [-0.1, -0.05) is 0 Å². The topological polar surface area (TPSA) is 80.4 Å². The number of nitrogens with one attached hydrogen (secondary N) is 1. The van der Waals surface area contributed by atoms with E-state index >= 15 is 0 Å². The van der Waals surface area contributed by atoms with Gasteiger partial charge in [-0.3, -0.25) is 9.59 Å². The average Bonchev–Trinajstić information content (AvgIpc) is 2.85. The number of nitrogens with two attached hydrogens (primary N) is 1. The minimum absolute atomic E-state index is 0.102. The van der Waals surface area contributed by atoms with Crippen molar-refractivity contribution in [3.05, 3.63) is 35.3 Å². The minimum atomic E-state index is -0.313. The van der Waals surface area contributed by atoms with Gasteiger partial charge in [0.15, 0.2) is 0 Å². The van der Waals surface area contributed by atoms with Crippen LogP contribution in [0.15, 0.2) is 18.2 Å². The molecule has 7 heteroatoms. The molecule has 3 N–H and O–H groups in total. The number of amides is 2. The van der Waals surface area contributed by atoms with Gasteiger partial charge in [0, 0.05) is 37.6 Å². The quantitative estimate of drug-likeness (QED) is 0.849. The molecule has 1 unspecified atom stereocenters. The van der Waals surface area contributed by atoms with Gasteiger partial charge >= 0.3 is 0 Å². The summed E-state index contributed by atoms with van der Waals surface area (Å²) in [7, 11) is 1.81. The van der Waals surface area contributed by atoms with Gasteiger partial charge in [0.05, 0.1) is 5.92 Å². The lowest BCUT2D eigenvalue weighted by Gasteiger charge is -2.31. The molecule has 2 aromatic rings. The van der Waals surface area contributed by atoms with E-state index < -0.39 is 0 Å². The molecule has 2 amide bonds. The Morgan fingerprint density at radius 3 is 2.88 bits per heavy atom. The largest absolute Gasteiger partial charge is 0.369 e. The maximum Gasteiger partial charge on any atom is 0.268 e. The number of nitrogens with zero attached hydrogens (tertiary/aromatic N) is 2. The molecule has 0 bridgehead atoms. The Hall–Kier alpha value is -2.41. The van der Waals surface area contributed by atoms with Crippen LogP contribution in [0.5, 0.6) is 0 Å². The number of halogens is 1. The van der Waals surface area contributed by atoms with Gasteiger partial charge < -0.3 is 20.5 Å². The molecule has 1 fully saturated rings. The fourth-order valence-electron chi connectivity index (χ4n) is 3.83. The van der Waals surface area contributed by atoms with E-state index in [4.69, 9.17) is 5.73 Å². The van der Waals surface area contributed by atoms with E-state index in [0.29, 0.717) is 25.3 Å². The minimum Gasteiger partial charge on any atom is -0.369 e. The fourth-order valence-corrected chi connectivity index (χ4v) is 3.83. The highest BCUT2D eigenvalue weighted by atomic mass is 19.1. The second-order valence-corrected chi connectivity index (χ2v) is 6.99. The predicted molar refractivity (Wildman–Crippen MR) is 98.3 cm³/mol. The second-order valence-electron chi connectivity index (χ2n) is 6.99. The van der Waals surface area contributed by atoms with E-state index in [-0.39, 0.29) is 23.5 Å². The van der Waals surface area contributed by atoms with Gasteiger partial charge in [-0.2, -0.15) is 0 Å². The van der Waals surface area contributed by atoms with E-state index in [1.165, 1.54) is 12.1 Å². The van der Waals surface area contributed by atoms with Gasteiger partial charge in [-0.15, -0.1) is 0 Å². The van der Waals surface area contributed by atoms with Gasteiger partial charge in [-0.05, 0) is 50.1 Å². The second kappa shape index (κ2) is 7.45. The molecule has 1 atom stereocenters. The van der Waals surface area contributed by atoms with Gasteiger partial charge in [-0.25, -0.2) is 4.39 Å². The zero-order chi connectivity index (χ0) is 18.8. The molecule has 1 aliphatic rings. The summed E-state index contributed by atoms with van der Waals surface area (Å²) in [6.07, 6.45) is 1.78. The van der Waals surface area contributed by atoms with E-state index in [0.717, 1.165) is 35.9 Å². The lowest BCUT2D eigenvalue weighted by Crippen LogP contribution is -2.44. The van der Waals surface area contributed by atoms with Crippen molar-refractivity contribution in [2.45, 2.75) is 19.8 Å². The van der Waals surface area contributed by atoms with Crippen LogP contribution in [0.2, 0.25) is 0 Å². The highest BCUT2D eigenvalue weighted by Gasteiger charge is 2.24. The van der Waals surface area contributed by atoms with Crippen molar-refractivity contribution in [2.24, 2.45) is 18.7 Å². The van der Waals surface area contributed by atoms with Crippen LogP contribution in [0, 0.1) is 18.7 Å². The van der Waals surface area contributed by atoms with Crippen molar-refractivity contribution in [1.29, 1.82) is 0 Å². The molecule has 6 nitrogen and oxygen atoms in total. The number of hydrogen-bond donors (Lipinski definition) is 2. The number of likely N-dealkylation sites (tertiary alicyclic amines) is 1. The van der Waals surface area contributed by atoms with Crippen LogP contribution in [0.25, 0.3) is 10.9 Å². The van der Waals surface area contributed by atoms with Crippen molar-refractivity contribution in [2.75, 3.05) is 26.2 Å². The van der Waals surface area contributed by atoms with E-state index in [1.807, 2.05) is 14.0 Å². The number of benzene rings is 1. The first-order valence-electron chi connectivity index (χ1n) is 8.93. The number of rotatable bonds is 5. The summed E-state index contributed by atoms with van der Waals surface area (Å²) in [5.74, 6) is -0.843. The van der Waals surface area contributed by atoms with Crippen LogP contribution < -0.4 is 11.1 Å². The lowest BCUT2D eigenvalue weighted by molar-refractivity contribution is -0.123. The molecule has 1 aliphatic heterocycles. The first-order chi connectivity index (χ1) is 12.4. The van der Waals surface area contributed by atoms with Gasteiger partial charge in [0.1, 0.15) is 11.5 Å². The number of piperidine rings is 1. The van der Waals surface area contributed by atoms with E-state index in [1.54, 1.807) is 10.6 Å². The maximum atomic E-state index is 13.5. The molecule has 26 heavy (non-hydrogen) atoms. The van der Waals surface area contributed by atoms with Gasteiger partial charge in [0.25, 0.3) is 5.91 Å². The zero-order valence-electron chi connectivity index (χ0n) is 15.2. The summed E-state index contributed by atoms with van der Waals surface area (Å²) in [4.78, 5) is 26.1. The van der Waals surface area contributed by atoms with Crippen LogP contribution in [-0.2, 0) is 11.8 Å². The molecule has 0 spiro atoms. The Kier molecular flexibility index (Phi) is 5.27. The highest BCUT2D eigenvalue weighted by Crippen LogP contribution is 2.25. The molecule has 1 aromatic heterocycles. The van der Waals surface area contributed by atoms with Crippen molar-refractivity contribution in [1.82, 2.24) is 14.8 Å². The molecule has 140 valence electrons. The summed E-state index contributed by atoms with van der Waals surface area (Å²) in [5.41, 5.74) is 7.54. The highest BCUT2D eigenvalue weighted by molar-refractivity contribution is 6.01. The van der Waals surface area contributed by atoms with Gasteiger partial charge in [0.2, 0.25) is 5.91 Å². The number of aromatic nitrogens is 1. The average molecular weight is 360 g/mol. The van der Waals surface area contributed by atoms with Crippen molar-refractivity contribution < 1.29 is 14.0 Å². The normalized spacial score (nSPS) is 18.2.